The second kappa shape index (κ2) is 16.7. The first-order valence-electron chi connectivity index (χ1n) is 17.1. The van der Waals surface area contributed by atoms with Crippen LogP contribution in [0, 0.1) is 17.8 Å². The van der Waals surface area contributed by atoms with Gasteiger partial charge in [-0.1, -0.05) is 87.9 Å². The van der Waals surface area contributed by atoms with Crippen molar-refractivity contribution in [1.29, 1.82) is 0 Å². The Balaban J connectivity index is 1.36. The molecule has 3 atom stereocenters. The molecule has 1 aliphatic rings. The average molecular weight is 642 g/mol. The number of amidine groups is 1. The SMILES string of the molecule is CCN/C(C/C(C=O)=C/c1ccc(N(c2ccccc2)c2ccccc2)cc1)=N\c1ccccc1C(=O)OC1CC(C)CCC1C(C)C. The summed E-state index contributed by atoms with van der Waals surface area (Å²) in [5.74, 6) is 1.59. The van der Waals surface area contributed by atoms with Crippen LogP contribution in [0.1, 0.15) is 69.3 Å². The van der Waals surface area contributed by atoms with Gasteiger partial charge in [0.05, 0.1) is 11.3 Å². The van der Waals surface area contributed by atoms with Gasteiger partial charge in [-0.05, 0) is 103 Å². The molecule has 0 aromatic heterocycles. The number of benzene rings is 4. The van der Waals surface area contributed by atoms with E-state index in [0.717, 1.165) is 41.8 Å². The van der Waals surface area contributed by atoms with Crippen molar-refractivity contribution in [3.8, 4) is 0 Å². The van der Waals surface area contributed by atoms with Gasteiger partial charge < -0.3 is 15.0 Å². The minimum Gasteiger partial charge on any atom is -0.458 e. The van der Waals surface area contributed by atoms with Gasteiger partial charge in [0.25, 0.3) is 0 Å². The van der Waals surface area contributed by atoms with Crippen molar-refractivity contribution in [1.82, 2.24) is 5.32 Å². The van der Waals surface area contributed by atoms with E-state index in [1.165, 1.54) is 6.42 Å². The second-order valence-corrected chi connectivity index (χ2v) is 13.0. The van der Waals surface area contributed by atoms with Crippen molar-refractivity contribution in [2.24, 2.45) is 22.7 Å². The highest BCUT2D eigenvalue weighted by atomic mass is 16.5. The van der Waals surface area contributed by atoms with Gasteiger partial charge in [0, 0.05) is 30.0 Å². The van der Waals surface area contributed by atoms with Crippen molar-refractivity contribution < 1.29 is 14.3 Å². The molecular formula is C42H47N3O3. The number of rotatable bonds is 12. The monoisotopic (exact) mass is 641 g/mol. The maximum Gasteiger partial charge on any atom is 0.340 e. The fourth-order valence-corrected chi connectivity index (χ4v) is 6.54. The van der Waals surface area contributed by atoms with Crippen LogP contribution in [-0.2, 0) is 9.53 Å². The summed E-state index contributed by atoms with van der Waals surface area (Å²) in [6, 6.07) is 35.9. The predicted molar refractivity (Wildman–Crippen MR) is 198 cm³/mol. The fourth-order valence-electron chi connectivity index (χ4n) is 6.54. The molecule has 0 radical (unpaired) electrons. The highest BCUT2D eigenvalue weighted by Gasteiger charge is 2.34. The molecule has 48 heavy (non-hydrogen) atoms. The molecule has 1 saturated carbocycles. The summed E-state index contributed by atoms with van der Waals surface area (Å²) in [7, 11) is 0. The summed E-state index contributed by atoms with van der Waals surface area (Å²) in [5.41, 5.74) is 5.57. The van der Waals surface area contributed by atoms with Gasteiger partial charge in [0.1, 0.15) is 18.2 Å². The molecule has 248 valence electrons. The van der Waals surface area contributed by atoms with Gasteiger partial charge in [-0.15, -0.1) is 0 Å². The van der Waals surface area contributed by atoms with Crippen molar-refractivity contribution >= 4 is 46.9 Å². The number of nitrogens with one attached hydrogen (secondary N) is 1. The van der Waals surface area contributed by atoms with Crippen molar-refractivity contribution in [2.45, 2.75) is 59.5 Å². The maximum absolute atomic E-state index is 13.5. The van der Waals surface area contributed by atoms with Gasteiger partial charge in [0.15, 0.2) is 0 Å². The highest BCUT2D eigenvalue weighted by Crippen LogP contribution is 2.37. The van der Waals surface area contributed by atoms with E-state index in [1.54, 1.807) is 6.07 Å². The Bertz CT molecular complexity index is 1660. The lowest BCUT2D eigenvalue weighted by Gasteiger charge is -2.36. The third-order valence-electron chi connectivity index (χ3n) is 9.04. The zero-order chi connectivity index (χ0) is 33.9. The highest BCUT2D eigenvalue weighted by molar-refractivity contribution is 5.99. The van der Waals surface area contributed by atoms with E-state index in [-0.39, 0.29) is 18.5 Å². The lowest BCUT2D eigenvalue weighted by atomic mass is 9.75. The zero-order valence-electron chi connectivity index (χ0n) is 28.5. The third-order valence-corrected chi connectivity index (χ3v) is 9.04. The first-order chi connectivity index (χ1) is 23.4. The van der Waals surface area contributed by atoms with E-state index in [9.17, 15) is 9.59 Å². The van der Waals surface area contributed by atoms with Crippen molar-refractivity contribution in [3.05, 3.63) is 126 Å². The molecule has 6 heteroatoms. The number of hydrogen-bond donors (Lipinski definition) is 1. The Labute approximate surface area is 285 Å². The summed E-state index contributed by atoms with van der Waals surface area (Å²) in [4.78, 5) is 32.9. The van der Waals surface area contributed by atoms with Gasteiger partial charge in [-0.25, -0.2) is 9.79 Å². The summed E-state index contributed by atoms with van der Waals surface area (Å²) < 4.78 is 6.17. The number of nitrogens with zero attached hydrogens (tertiary/aromatic N) is 2. The Morgan fingerprint density at radius 1 is 0.875 bits per heavy atom. The summed E-state index contributed by atoms with van der Waals surface area (Å²) >= 11 is 0. The van der Waals surface area contributed by atoms with Gasteiger partial charge in [-0.3, -0.25) is 4.79 Å². The number of para-hydroxylation sites is 3. The Hall–Kier alpha value is -4.97. The molecule has 0 heterocycles. The molecule has 0 aliphatic heterocycles. The first-order valence-corrected chi connectivity index (χ1v) is 17.1. The first kappa shape index (κ1) is 34.4. The summed E-state index contributed by atoms with van der Waals surface area (Å²) in [6.45, 7) is 9.25. The Kier molecular flexibility index (Phi) is 12.0. The molecule has 0 spiro atoms. The minimum absolute atomic E-state index is 0.102. The third kappa shape index (κ3) is 8.88. The maximum atomic E-state index is 13.5. The van der Waals surface area contributed by atoms with E-state index in [0.29, 0.717) is 47.0 Å². The van der Waals surface area contributed by atoms with E-state index in [2.05, 4.69) is 67.4 Å². The summed E-state index contributed by atoms with van der Waals surface area (Å²) in [6.07, 6.45) is 6.07. The van der Waals surface area contributed by atoms with Crippen LogP contribution in [0.15, 0.2) is 120 Å². The number of carbonyl (C=O) groups is 2. The van der Waals surface area contributed by atoms with Crippen LogP contribution in [0.4, 0.5) is 22.7 Å². The van der Waals surface area contributed by atoms with Crippen LogP contribution >= 0.6 is 0 Å². The Morgan fingerprint density at radius 2 is 1.48 bits per heavy atom. The normalized spacial score (nSPS) is 18.3. The smallest absolute Gasteiger partial charge is 0.340 e. The van der Waals surface area contributed by atoms with Crippen LogP contribution in [-0.4, -0.2) is 30.7 Å². The molecule has 1 aliphatic carbocycles. The molecule has 1 N–H and O–H groups in total. The van der Waals surface area contributed by atoms with Gasteiger partial charge in [-0.2, -0.15) is 0 Å². The van der Waals surface area contributed by atoms with Gasteiger partial charge in [0.2, 0.25) is 0 Å². The largest absolute Gasteiger partial charge is 0.458 e. The fraction of sp³-hybridized carbons (Fsp3) is 0.310. The molecule has 1 fully saturated rings. The number of aldehydes is 1. The molecule has 4 aromatic carbocycles. The van der Waals surface area contributed by atoms with Gasteiger partial charge >= 0.3 is 5.97 Å². The number of esters is 1. The van der Waals surface area contributed by atoms with Crippen LogP contribution in [0.25, 0.3) is 6.08 Å². The molecule has 5 rings (SSSR count). The zero-order valence-corrected chi connectivity index (χ0v) is 28.5. The molecule has 0 bridgehead atoms. The average Bonchev–Trinajstić information content (AvgIpc) is 3.10. The number of aliphatic imine (C=N–C) groups is 1. The number of ether oxygens (including phenoxy) is 1. The van der Waals surface area contributed by atoms with E-state index in [4.69, 9.17) is 9.73 Å². The molecule has 6 nitrogen and oxygen atoms in total. The van der Waals surface area contributed by atoms with E-state index < -0.39 is 0 Å². The molecular weight excluding hydrogens is 594 g/mol. The quantitative estimate of drug-likeness (QED) is 0.0548. The summed E-state index contributed by atoms with van der Waals surface area (Å²) in [5, 5.41) is 3.31. The van der Waals surface area contributed by atoms with E-state index in [1.807, 2.05) is 79.7 Å². The van der Waals surface area contributed by atoms with Crippen molar-refractivity contribution in [2.75, 3.05) is 11.4 Å². The minimum atomic E-state index is -0.346. The number of anilines is 3. The second-order valence-electron chi connectivity index (χ2n) is 13.0. The molecule has 0 saturated heterocycles. The number of carbonyl (C=O) groups excluding carboxylic acids is 2. The van der Waals surface area contributed by atoms with Crippen LogP contribution in [0.3, 0.4) is 0 Å². The van der Waals surface area contributed by atoms with Crippen LogP contribution < -0.4 is 10.2 Å². The van der Waals surface area contributed by atoms with Crippen LogP contribution in [0.2, 0.25) is 0 Å². The lowest BCUT2D eigenvalue weighted by Crippen LogP contribution is -2.35. The topological polar surface area (TPSA) is 71.0 Å². The predicted octanol–water partition coefficient (Wildman–Crippen LogP) is 10.1. The lowest BCUT2D eigenvalue weighted by molar-refractivity contribution is -0.104. The Morgan fingerprint density at radius 3 is 2.08 bits per heavy atom. The van der Waals surface area contributed by atoms with Crippen LogP contribution in [0.5, 0.6) is 0 Å². The molecule has 3 unspecified atom stereocenters. The van der Waals surface area contributed by atoms with E-state index >= 15 is 0 Å². The molecule has 0 amide bonds. The molecule has 4 aromatic rings. The standard InChI is InChI=1S/C42H47N3O3/c1-5-43-41(44-39-19-13-12-18-38(39)42(47)48-40-26-31(4)20-25-37(40)30(2)3)28-33(29-46)27-32-21-23-36(24-22-32)45(34-14-8-6-9-15-34)35-16-10-7-11-17-35/h6-19,21-24,27,29-31,37,40H,5,20,25-26,28H2,1-4H3,(H,43,44)/b33-27-. The number of hydrogen-bond acceptors (Lipinski definition) is 5. The van der Waals surface area contributed by atoms with Crippen molar-refractivity contribution in [3.63, 3.8) is 0 Å².